The molecule has 0 unspecified atom stereocenters. The summed E-state index contributed by atoms with van der Waals surface area (Å²) in [6.45, 7) is 0.526. The third-order valence-electron chi connectivity index (χ3n) is 3.27. The van der Waals surface area contributed by atoms with Crippen LogP contribution in [0.15, 0.2) is 42.9 Å². The number of rotatable bonds is 4. The van der Waals surface area contributed by atoms with Crippen molar-refractivity contribution in [3.05, 3.63) is 64.2 Å². The van der Waals surface area contributed by atoms with Gasteiger partial charge in [0.05, 0.1) is 28.5 Å². The Hall–Kier alpha value is -2.31. The van der Waals surface area contributed by atoms with Crippen LogP contribution in [0.1, 0.15) is 16.1 Å². The van der Waals surface area contributed by atoms with Crippen molar-refractivity contribution in [3.63, 3.8) is 0 Å². The standard InChI is InChI=1S/C15H13Cl2N5O/c1-21-14(4-5-18-21)15(23)20-11-7-19-22(9-11)8-10-2-3-12(16)13(17)6-10/h2-7,9H,8H2,1H3,(H,20,23). The second-order valence-electron chi connectivity index (χ2n) is 4.97. The normalized spacial score (nSPS) is 10.7. The topological polar surface area (TPSA) is 64.7 Å². The molecule has 0 fully saturated rings. The van der Waals surface area contributed by atoms with Crippen molar-refractivity contribution >= 4 is 34.8 Å². The lowest BCUT2D eigenvalue weighted by atomic mass is 10.2. The number of amides is 1. The van der Waals surface area contributed by atoms with Gasteiger partial charge in [-0.1, -0.05) is 29.3 Å². The Kier molecular flexibility index (Phi) is 4.36. The molecule has 8 heteroatoms. The molecule has 23 heavy (non-hydrogen) atoms. The van der Waals surface area contributed by atoms with E-state index in [1.54, 1.807) is 48.5 Å². The van der Waals surface area contributed by atoms with Crippen LogP contribution >= 0.6 is 23.2 Å². The molecule has 0 aliphatic rings. The van der Waals surface area contributed by atoms with Crippen molar-refractivity contribution in [3.8, 4) is 0 Å². The molecule has 2 heterocycles. The predicted molar refractivity (Wildman–Crippen MR) is 89.0 cm³/mol. The van der Waals surface area contributed by atoms with E-state index in [9.17, 15) is 4.79 Å². The van der Waals surface area contributed by atoms with Crippen LogP contribution < -0.4 is 5.32 Å². The third kappa shape index (κ3) is 3.55. The minimum atomic E-state index is -0.237. The van der Waals surface area contributed by atoms with Gasteiger partial charge in [0.2, 0.25) is 0 Å². The summed E-state index contributed by atoms with van der Waals surface area (Å²) in [7, 11) is 1.71. The molecule has 0 radical (unpaired) electrons. The average molecular weight is 350 g/mol. The van der Waals surface area contributed by atoms with Crippen LogP contribution in [0.25, 0.3) is 0 Å². The first-order valence-corrected chi connectivity index (χ1v) is 7.54. The zero-order valence-corrected chi connectivity index (χ0v) is 13.7. The molecule has 118 valence electrons. The van der Waals surface area contributed by atoms with E-state index < -0.39 is 0 Å². The summed E-state index contributed by atoms with van der Waals surface area (Å²) in [6, 6.07) is 7.06. The number of anilines is 1. The van der Waals surface area contributed by atoms with Gasteiger partial charge in [-0.3, -0.25) is 14.2 Å². The number of benzene rings is 1. The lowest BCUT2D eigenvalue weighted by molar-refractivity contribution is 0.101. The van der Waals surface area contributed by atoms with Crippen LogP contribution in [0.3, 0.4) is 0 Å². The number of halogens is 2. The van der Waals surface area contributed by atoms with Gasteiger partial charge in [0.25, 0.3) is 5.91 Å². The molecule has 2 aromatic heterocycles. The van der Waals surface area contributed by atoms with E-state index >= 15 is 0 Å². The van der Waals surface area contributed by atoms with Gasteiger partial charge in [-0.05, 0) is 23.8 Å². The van der Waals surface area contributed by atoms with Crippen molar-refractivity contribution in [2.45, 2.75) is 6.54 Å². The minimum absolute atomic E-state index is 0.237. The van der Waals surface area contributed by atoms with E-state index in [-0.39, 0.29) is 5.91 Å². The molecular formula is C15H13Cl2N5O. The Morgan fingerprint density at radius 2 is 2.04 bits per heavy atom. The first-order chi connectivity index (χ1) is 11.0. The molecule has 3 rings (SSSR count). The molecule has 0 saturated heterocycles. The molecule has 0 atom stereocenters. The molecule has 1 amide bonds. The maximum absolute atomic E-state index is 12.1. The fourth-order valence-electron chi connectivity index (χ4n) is 2.13. The minimum Gasteiger partial charge on any atom is -0.318 e. The Morgan fingerprint density at radius 1 is 1.22 bits per heavy atom. The van der Waals surface area contributed by atoms with E-state index in [4.69, 9.17) is 23.2 Å². The van der Waals surface area contributed by atoms with Crippen LogP contribution in [-0.2, 0) is 13.6 Å². The molecule has 0 aliphatic carbocycles. The summed E-state index contributed by atoms with van der Waals surface area (Å²) in [4.78, 5) is 12.1. The van der Waals surface area contributed by atoms with Gasteiger partial charge in [0.1, 0.15) is 5.69 Å². The Morgan fingerprint density at radius 3 is 2.74 bits per heavy atom. The second kappa shape index (κ2) is 6.44. The molecule has 0 spiro atoms. The Bertz CT molecular complexity index is 855. The van der Waals surface area contributed by atoms with E-state index in [2.05, 4.69) is 15.5 Å². The quantitative estimate of drug-likeness (QED) is 0.786. The molecule has 0 saturated carbocycles. The first-order valence-electron chi connectivity index (χ1n) is 6.78. The molecule has 1 N–H and O–H groups in total. The van der Waals surface area contributed by atoms with E-state index in [1.165, 1.54) is 4.68 Å². The van der Waals surface area contributed by atoms with Crippen LogP contribution in [-0.4, -0.2) is 25.5 Å². The molecular weight excluding hydrogens is 337 g/mol. The highest BCUT2D eigenvalue weighted by Crippen LogP contribution is 2.23. The van der Waals surface area contributed by atoms with Gasteiger partial charge in [0.15, 0.2) is 0 Å². The van der Waals surface area contributed by atoms with Crippen molar-refractivity contribution in [2.24, 2.45) is 7.05 Å². The summed E-state index contributed by atoms with van der Waals surface area (Å²) < 4.78 is 3.22. The van der Waals surface area contributed by atoms with Crippen LogP contribution in [0.5, 0.6) is 0 Å². The fourth-order valence-corrected chi connectivity index (χ4v) is 2.45. The van der Waals surface area contributed by atoms with Gasteiger partial charge in [-0.15, -0.1) is 0 Å². The number of hydrogen-bond acceptors (Lipinski definition) is 3. The molecule has 0 aliphatic heterocycles. The van der Waals surface area contributed by atoms with Crippen LogP contribution in [0.2, 0.25) is 10.0 Å². The number of aromatic nitrogens is 4. The van der Waals surface area contributed by atoms with E-state index in [1.807, 2.05) is 6.07 Å². The van der Waals surface area contributed by atoms with Gasteiger partial charge in [-0.25, -0.2) is 0 Å². The number of hydrogen-bond donors (Lipinski definition) is 1. The van der Waals surface area contributed by atoms with E-state index in [0.29, 0.717) is 28.0 Å². The Balaban J connectivity index is 1.69. The molecule has 6 nitrogen and oxygen atoms in total. The lowest BCUT2D eigenvalue weighted by Gasteiger charge is -2.04. The summed E-state index contributed by atoms with van der Waals surface area (Å²) in [5.74, 6) is -0.237. The molecule has 1 aromatic carbocycles. The zero-order chi connectivity index (χ0) is 16.4. The van der Waals surface area contributed by atoms with Gasteiger partial charge in [-0.2, -0.15) is 10.2 Å². The van der Waals surface area contributed by atoms with E-state index in [0.717, 1.165) is 5.56 Å². The largest absolute Gasteiger partial charge is 0.318 e. The second-order valence-corrected chi connectivity index (χ2v) is 5.78. The van der Waals surface area contributed by atoms with Gasteiger partial charge < -0.3 is 5.32 Å². The highest BCUT2D eigenvalue weighted by molar-refractivity contribution is 6.42. The van der Waals surface area contributed by atoms with Crippen molar-refractivity contribution in [1.29, 1.82) is 0 Å². The highest BCUT2D eigenvalue weighted by atomic mass is 35.5. The summed E-state index contributed by atoms with van der Waals surface area (Å²) in [5, 5.41) is 12.0. The third-order valence-corrected chi connectivity index (χ3v) is 4.01. The average Bonchev–Trinajstić information content (AvgIpc) is 3.12. The highest BCUT2D eigenvalue weighted by Gasteiger charge is 2.11. The molecule has 0 bridgehead atoms. The summed E-state index contributed by atoms with van der Waals surface area (Å²) in [6.07, 6.45) is 4.91. The maximum atomic E-state index is 12.1. The number of aryl methyl sites for hydroxylation is 1. The zero-order valence-electron chi connectivity index (χ0n) is 12.2. The number of carbonyl (C=O) groups is 1. The van der Waals surface area contributed by atoms with Crippen LogP contribution in [0.4, 0.5) is 5.69 Å². The van der Waals surface area contributed by atoms with Gasteiger partial charge >= 0.3 is 0 Å². The SMILES string of the molecule is Cn1nccc1C(=O)Nc1cnn(Cc2ccc(Cl)c(Cl)c2)c1. The summed E-state index contributed by atoms with van der Waals surface area (Å²) in [5.41, 5.74) is 2.05. The smallest absolute Gasteiger partial charge is 0.274 e. The van der Waals surface area contributed by atoms with Crippen molar-refractivity contribution < 1.29 is 4.79 Å². The maximum Gasteiger partial charge on any atom is 0.274 e. The number of nitrogens with one attached hydrogen (secondary N) is 1. The monoisotopic (exact) mass is 349 g/mol. The number of nitrogens with zero attached hydrogens (tertiary/aromatic N) is 4. The summed E-state index contributed by atoms with van der Waals surface area (Å²) >= 11 is 11.9. The Labute approximate surface area is 142 Å². The van der Waals surface area contributed by atoms with Gasteiger partial charge in [0, 0.05) is 19.4 Å². The molecule has 3 aromatic rings. The fraction of sp³-hybridized carbons (Fsp3) is 0.133. The van der Waals surface area contributed by atoms with Crippen LogP contribution in [0, 0.1) is 0 Å². The lowest BCUT2D eigenvalue weighted by Crippen LogP contribution is -2.15. The van der Waals surface area contributed by atoms with Crippen molar-refractivity contribution in [1.82, 2.24) is 19.6 Å². The van der Waals surface area contributed by atoms with Crippen molar-refractivity contribution in [2.75, 3.05) is 5.32 Å². The predicted octanol–water partition coefficient (Wildman–Crippen LogP) is 3.22. The first kappa shape index (κ1) is 15.6. The number of carbonyl (C=O) groups excluding carboxylic acids is 1.